The number of benzene rings is 1. The molecule has 30 heavy (non-hydrogen) atoms. The molecule has 8 heteroatoms. The molecule has 1 aliphatic heterocycles. The minimum absolute atomic E-state index is 0.0576. The number of nitrogens with zero attached hydrogens (tertiary/aromatic N) is 2. The summed E-state index contributed by atoms with van der Waals surface area (Å²) in [6.45, 7) is 3.47. The molecular formula is C22H25FN2O4S. The Labute approximate surface area is 176 Å². The third-order valence-corrected chi connectivity index (χ3v) is 7.64. The van der Waals surface area contributed by atoms with Gasteiger partial charge in [0.2, 0.25) is 15.9 Å². The van der Waals surface area contributed by atoms with Gasteiger partial charge in [-0.1, -0.05) is 6.92 Å². The van der Waals surface area contributed by atoms with Crippen LogP contribution in [0.3, 0.4) is 0 Å². The van der Waals surface area contributed by atoms with Gasteiger partial charge in [0.25, 0.3) is 0 Å². The van der Waals surface area contributed by atoms with Crippen LogP contribution in [0.1, 0.15) is 37.2 Å². The third kappa shape index (κ3) is 4.49. The fraction of sp³-hybridized carbons (Fsp3) is 0.409. The Morgan fingerprint density at radius 2 is 1.83 bits per heavy atom. The maximum Gasteiger partial charge on any atom is 0.246 e. The lowest BCUT2D eigenvalue weighted by Gasteiger charge is -2.21. The summed E-state index contributed by atoms with van der Waals surface area (Å²) in [5, 5.41) is 0. The first-order chi connectivity index (χ1) is 14.3. The van der Waals surface area contributed by atoms with Crippen LogP contribution in [0.2, 0.25) is 0 Å². The molecule has 0 bridgehead atoms. The van der Waals surface area contributed by atoms with E-state index >= 15 is 0 Å². The van der Waals surface area contributed by atoms with Crippen molar-refractivity contribution in [1.82, 2.24) is 9.21 Å². The van der Waals surface area contributed by atoms with Crippen molar-refractivity contribution in [2.24, 2.45) is 5.92 Å². The van der Waals surface area contributed by atoms with Crippen molar-refractivity contribution in [3.05, 3.63) is 59.8 Å². The van der Waals surface area contributed by atoms with Crippen LogP contribution < -0.4 is 0 Å². The van der Waals surface area contributed by atoms with Crippen molar-refractivity contribution in [2.75, 3.05) is 26.2 Å². The van der Waals surface area contributed by atoms with Crippen LogP contribution in [-0.4, -0.2) is 49.7 Å². The quantitative estimate of drug-likeness (QED) is 0.679. The number of amides is 1. The molecule has 0 spiro atoms. The van der Waals surface area contributed by atoms with E-state index in [0.29, 0.717) is 43.7 Å². The van der Waals surface area contributed by atoms with E-state index in [1.54, 1.807) is 11.0 Å². The van der Waals surface area contributed by atoms with Gasteiger partial charge in [0.05, 0.1) is 4.90 Å². The van der Waals surface area contributed by atoms with Gasteiger partial charge in [-0.25, -0.2) is 12.8 Å². The molecule has 1 amide bonds. The lowest BCUT2D eigenvalue weighted by atomic mass is 10.3. The molecular weight excluding hydrogens is 407 g/mol. The maximum absolute atomic E-state index is 13.1. The van der Waals surface area contributed by atoms with Crippen LogP contribution in [0.4, 0.5) is 4.39 Å². The Morgan fingerprint density at radius 3 is 2.53 bits per heavy atom. The number of rotatable bonds is 5. The van der Waals surface area contributed by atoms with E-state index in [1.807, 2.05) is 12.1 Å². The Morgan fingerprint density at radius 1 is 1.10 bits per heavy atom. The van der Waals surface area contributed by atoms with E-state index < -0.39 is 15.8 Å². The number of carbonyl (C=O) groups excluding carboxylic acids is 1. The molecule has 0 N–H and O–H groups in total. The maximum atomic E-state index is 13.1. The van der Waals surface area contributed by atoms with Crippen LogP contribution >= 0.6 is 0 Å². The van der Waals surface area contributed by atoms with Gasteiger partial charge in [0.15, 0.2) is 0 Å². The molecule has 2 fully saturated rings. The molecule has 4 rings (SSSR count). The van der Waals surface area contributed by atoms with Crippen molar-refractivity contribution < 1.29 is 22.0 Å². The van der Waals surface area contributed by atoms with Gasteiger partial charge in [0, 0.05) is 38.2 Å². The molecule has 1 aliphatic carbocycles. The highest BCUT2D eigenvalue weighted by molar-refractivity contribution is 7.89. The first-order valence-corrected chi connectivity index (χ1v) is 11.6. The summed E-state index contributed by atoms with van der Waals surface area (Å²) in [5.74, 6) is 2.10. The lowest BCUT2D eigenvalue weighted by Crippen LogP contribution is -2.36. The predicted molar refractivity (Wildman–Crippen MR) is 111 cm³/mol. The zero-order chi connectivity index (χ0) is 21.3. The molecule has 2 atom stereocenters. The van der Waals surface area contributed by atoms with Crippen molar-refractivity contribution in [3.8, 4) is 0 Å². The molecule has 1 saturated carbocycles. The molecule has 1 saturated heterocycles. The number of furan rings is 1. The normalized spacial score (nSPS) is 22.9. The Hall–Kier alpha value is -2.45. The molecule has 2 aromatic rings. The molecule has 1 aromatic carbocycles. The summed E-state index contributed by atoms with van der Waals surface area (Å²) in [4.78, 5) is 14.3. The van der Waals surface area contributed by atoms with Crippen molar-refractivity contribution in [3.63, 3.8) is 0 Å². The first-order valence-electron chi connectivity index (χ1n) is 10.2. The second-order valence-corrected chi connectivity index (χ2v) is 9.87. The number of sulfonamides is 1. The first kappa shape index (κ1) is 20.8. The number of hydrogen-bond acceptors (Lipinski definition) is 4. The average molecular weight is 433 g/mol. The van der Waals surface area contributed by atoms with E-state index in [9.17, 15) is 17.6 Å². The van der Waals surface area contributed by atoms with Gasteiger partial charge in [0.1, 0.15) is 17.3 Å². The van der Waals surface area contributed by atoms with Crippen molar-refractivity contribution in [2.45, 2.75) is 30.6 Å². The van der Waals surface area contributed by atoms with Crippen LogP contribution in [0.15, 0.2) is 51.8 Å². The van der Waals surface area contributed by atoms with Crippen LogP contribution in [0.5, 0.6) is 0 Å². The lowest BCUT2D eigenvalue weighted by molar-refractivity contribution is -0.125. The standard InChI is InChI=1S/C22H25FN2O4S/c1-16-15-20(16)21-9-5-18(29-21)6-10-22(26)24-11-2-12-25(14-13-24)30(27,28)19-7-3-17(23)4-8-19/h3-10,16,20H,2,11-15H2,1H3/b10-6+. The second-order valence-electron chi connectivity index (χ2n) is 7.93. The van der Waals surface area contributed by atoms with Crippen LogP contribution in [0, 0.1) is 11.7 Å². The smallest absolute Gasteiger partial charge is 0.246 e. The topological polar surface area (TPSA) is 70.8 Å². The molecule has 2 heterocycles. The molecule has 2 unspecified atom stereocenters. The van der Waals surface area contributed by atoms with Crippen LogP contribution in [0.25, 0.3) is 6.08 Å². The highest BCUT2D eigenvalue weighted by Gasteiger charge is 2.36. The molecule has 6 nitrogen and oxygen atoms in total. The Bertz CT molecular complexity index is 1050. The molecule has 2 aliphatic rings. The highest BCUT2D eigenvalue weighted by atomic mass is 32.2. The third-order valence-electron chi connectivity index (χ3n) is 5.73. The predicted octanol–water partition coefficient (Wildman–Crippen LogP) is 3.48. The van der Waals surface area contributed by atoms with E-state index in [1.165, 1.54) is 22.5 Å². The summed E-state index contributed by atoms with van der Waals surface area (Å²) < 4.78 is 45.8. The minimum Gasteiger partial charge on any atom is -0.461 e. The second kappa shape index (κ2) is 8.35. The zero-order valence-electron chi connectivity index (χ0n) is 16.8. The van der Waals surface area contributed by atoms with Gasteiger partial charge in [-0.05, 0) is 61.2 Å². The Balaban J connectivity index is 1.37. The summed E-state index contributed by atoms with van der Waals surface area (Å²) in [7, 11) is -3.71. The SMILES string of the molecule is CC1CC1c1ccc(/C=C/C(=O)N2CCCN(S(=O)(=O)c3ccc(F)cc3)CC2)o1. The summed E-state index contributed by atoms with van der Waals surface area (Å²) in [5.41, 5.74) is 0. The molecule has 160 valence electrons. The van der Waals surface area contributed by atoms with E-state index in [-0.39, 0.29) is 17.3 Å². The molecule has 1 aromatic heterocycles. The summed E-state index contributed by atoms with van der Waals surface area (Å²) in [6, 6.07) is 8.62. The van der Waals surface area contributed by atoms with Gasteiger partial charge in [-0.2, -0.15) is 4.31 Å². The summed E-state index contributed by atoms with van der Waals surface area (Å²) in [6.07, 6.45) is 4.81. The minimum atomic E-state index is -3.71. The fourth-order valence-electron chi connectivity index (χ4n) is 3.74. The van der Waals surface area contributed by atoms with Crippen molar-refractivity contribution >= 4 is 22.0 Å². The van der Waals surface area contributed by atoms with Gasteiger partial charge in [-0.3, -0.25) is 4.79 Å². The van der Waals surface area contributed by atoms with Gasteiger partial charge >= 0.3 is 0 Å². The van der Waals surface area contributed by atoms with Crippen molar-refractivity contribution in [1.29, 1.82) is 0 Å². The largest absolute Gasteiger partial charge is 0.461 e. The van der Waals surface area contributed by atoms with E-state index in [4.69, 9.17) is 4.42 Å². The van der Waals surface area contributed by atoms with Crippen LogP contribution in [-0.2, 0) is 14.8 Å². The number of halogens is 1. The average Bonchev–Trinajstić information content (AvgIpc) is 3.36. The summed E-state index contributed by atoms with van der Waals surface area (Å²) >= 11 is 0. The monoisotopic (exact) mass is 432 g/mol. The highest BCUT2D eigenvalue weighted by Crippen LogP contribution is 2.47. The number of carbonyl (C=O) groups is 1. The van der Waals surface area contributed by atoms with E-state index in [0.717, 1.165) is 24.3 Å². The fourth-order valence-corrected chi connectivity index (χ4v) is 5.21. The van der Waals surface area contributed by atoms with E-state index in [2.05, 4.69) is 6.92 Å². The van der Waals surface area contributed by atoms with Gasteiger partial charge in [-0.15, -0.1) is 0 Å². The number of hydrogen-bond donors (Lipinski definition) is 0. The van der Waals surface area contributed by atoms with Gasteiger partial charge < -0.3 is 9.32 Å². The zero-order valence-corrected chi connectivity index (χ0v) is 17.6. The molecule has 0 radical (unpaired) electrons. The Kier molecular flexibility index (Phi) is 5.79.